The molecule has 6 heteroatoms. The first-order valence-electron chi connectivity index (χ1n) is 7.25. The highest BCUT2D eigenvalue weighted by molar-refractivity contribution is 4.81. The molecular formula is C14H29NO5. The summed E-state index contributed by atoms with van der Waals surface area (Å²) in [7, 11) is 1.66. The molecule has 0 saturated carbocycles. The summed E-state index contributed by atoms with van der Waals surface area (Å²) in [5.41, 5.74) is -0.109. The van der Waals surface area contributed by atoms with Crippen molar-refractivity contribution in [3.05, 3.63) is 0 Å². The van der Waals surface area contributed by atoms with Crippen LogP contribution in [0.4, 0.5) is 0 Å². The summed E-state index contributed by atoms with van der Waals surface area (Å²) in [6, 6.07) is 0. The Morgan fingerprint density at radius 1 is 1.00 bits per heavy atom. The molecule has 1 heterocycles. The van der Waals surface area contributed by atoms with Crippen molar-refractivity contribution in [2.75, 3.05) is 66.4 Å². The molecule has 1 atom stereocenters. The molecule has 20 heavy (non-hydrogen) atoms. The van der Waals surface area contributed by atoms with Crippen LogP contribution in [0.2, 0.25) is 0 Å². The molecule has 1 aliphatic rings. The van der Waals surface area contributed by atoms with Gasteiger partial charge in [0.1, 0.15) is 0 Å². The Morgan fingerprint density at radius 2 is 1.60 bits per heavy atom. The van der Waals surface area contributed by atoms with Crippen LogP contribution in [0.3, 0.4) is 0 Å². The van der Waals surface area contributed by atoms with E-state index >= 15 is 0 Å². The zero-order valence-electron chi connectivity index (χ0n) is 13.0. The van der Waals surface area contributed by atoms with Crippen molar-refractivity contribution >= 4 is 0 Å². The lowest BCUT2D eigenvalue weighted by molar-refractivity contribution is -0.123. The molecule has 120 valence electrons. The molecule has 1 rings (SSSR count). The van der Waals surface area contributed by atoms with Gasteiger partial charge < -0.3 is 29.0 Å². The third-order valence-corrected chi connectivity index (χ3v) is 2.89. The summed E-state index contributed by atoms with van der Waals surface area (Å²) in [4.78, 5) is 0. The predicted molar refractivity (Wildman–Crippen MR) is 76.2 cm³/mol. The van der Waals surface area contributed by atoms with E-state index in [4.69, 9.17) is 23.7 Å². The standard InChI is InChI=1S/C14H29NO5/c1-14(2)12-15-10-13(20-14)11-19-9-8-18-7-6-17-5-4-16-3/h13,15H,4-12H2,1-3H3. The average Bonchev–Trinajstić information content (AvgIpc) is 2.40. The average molecular weight is 291 g/mol. The molecular weight excluding hydrogens is 262 g/mol. The molecule has 0 bridgehead atoms. The Balaban J connectivity index is 1.85. The minimum atomic E-state index is -0.109. The second-order valence-corrected chi connectivity index (χ2v) is 5.42. The summed E-state index contributed by atoms with van der Waals surface area (Å²) in [5.74, 6) is 0. The predicted octanol–water partition coefficient (Wildman–Crippen LogP) is 0.450. The topological polar surface area (TPSA) is 58.2 Å². The Morgan fingerprint density at radius 3 is 2.20 bits per heavy atom. The van der Waals surface area contributed by atoms with Gasteiger partial charge in [-0.25, -0.2) is 0 Å². The Kier molecular flexibility index (Phi) is 9.33. The van der Waals surface area contributed by atoms with Crippen molar-refractivity contribution in [2.24, 2.45) is 0 Å². The van der Waals surface area contributed by atoms with E-state index in [1.54, 1.807) is 7.11 Å². The maximum atomic E-state index is 5.90. The third-order valence-electron chi connectivity index (χ3n) is 2.89. The largest absolute Gasteiger partial charge is 0.382 e. The van der Waals surface area contributed by atoms with Gasteiger partial charge in [-0.05, 0) is 13.8 Å². The first-order chi connectivity index (χ1) is 9.64. The van der Waals surface area contributed by atoms with Gasteiger partial charge in [-0.3, -0.25) is 0 Å². The second kappa shape index (κ2) is 10.5. The van der Waals surface area contributed by atoms with Crippen LogP contribution in [0.25, 0.3) is 0 Å². The highest BCUT2D eigenvalue weighted by Crippen LogP contribution is 2.15. The third kappa shape index (κ3) is 8.84. The summed E-state index contributed by atoms with van der Waals surface area (Å²) in [6.45, 7) is 10.1. The van der Waals surface area contributed by atoms with Gasteiger partial charge >= 0.3 is 0 Å². The van der Waals surface area contributed by atoms with Crippen LogP contribution in [0.1, 0.15) is 13.8 Å². The zero-order valence-corrected chi connectivity index (χ0v) is 13.0. The first-order valence-corrected chi connectivity index (χ1v) is 7.25. The molecule has 1 N–H and O–H groups in total. The quantitative estimate of drug-likeness (QED) is 0.558. The number of hydrogen-bond acceptors (Lipinski definition) is 6. The molecule has 0 spiro atoms. The Bertz CT molecular complexity index is 238. The summed E-state index contributed by atoms with van der Waals surface area (Å²) in [6.07, 6.45) is 0.121. The molecule has 0 radical (unpaired) electrons. The van der Waals surface area contributed by atoms with Gasteiger partial charge in [0.05, 0.1) is 58.0 Å². The molecule has 6 nitrogen and oxygen atoms in total. The maximum Gasteiger partial charge on any atom is 0.0940 e. The lowest BCUT2D eigenvalue weighted by Crippen LogP contribution is -2.51. The molecule has 0 aromatic rings. The minimum Gasteiger partial charge on any atom is -0.382 e. The van der Waals surface area contributed by atoms with Gasteiger partial charge in [0.15, 0.2) is 0 Å². The van der Waals surface area contributed by atoms with Crippen LogP contribution >= 0.6 is 0 Å². The molecule has 0 aromatic carbocycles. The van der Waals surface area contributed by atoms with Gasteiger partial charge in [-0.2, -0.15) is 0 Å². The lowest BCUT2D eigenvalue weighted by Gasteiger charge is -2.36. The van der Waals surface area contributed by atoms with E-state index in [0.717, 1.165) is 13.1 Å². The van der Waals surface area contributed by atoms with Gasteiger partial charge in [-0.1, -0.05) is 0 Å². The van der Waals surface area contributed by atoms with Crippen molar-refractivity contribution in [2.45, 2.75) is 25.6 Å². The van der Waals surface area contributed by atoms with Crippen LogP contribution < -0.4 is 5.32 Å². The maximum absolute atomic E-state index is 5.90. The van der Waals surface area contributed by atoms with E-state index in [1.807, 2.05) is 0 Å². The van der Waals surface area contributed by atoms with Gasteiger partial charge in [0.2, 0.25) is 0 Å². The van der Waals surface area contributed by atoms with Crippen LogP contribution in [0.5, 0.6) is 0 Å². The molecule has 1 aliphatic heterocycles. The number of hydrogen-bond donors (Lipinski definition) is 1. The number of nitrogens with one attached hydrogen (secondary N) is 1. The number of morpholine rings is 1. The van der Waals surface area contributed by atoms with E-state index in [9.17, 15) is 0 Å². The fourth-order valence-electron chi connectivity index (χ4n) is 1.96. The smallest absolute Gasteiger partial charge is 0.0940 e. The fraction of sp³-hybridized carbons (Fsp3) is 1.00. The molecule has 0 amide bonds. The molecule has 1 saturated heterocycles. The van der Waals surface area contributed by atoms with Gasteiger partial charge in [0, 0.05) is 20.2 Å². The van der Waals surface area contributed by atoms with Crippen LogP contribution in [0, 0.1) is 0 Å². The van der Waals surface area contributed by atoms with E-state index in [1.165, 1.54) is 0 Å². The van der Waals surface area contributed by atoms with E-state index in [2.05, 4.69) is 19.2 Å². The van der Waals surface area contributed by atoms with Gasteiger partial charge in [0.25, 0.3) is 0 Å². The number of methoxy groups -OCH3 is 1. The summed E-state index contributed by atoms with van der Waals surface area (Å²) in [5, 5.41) is 3.35. The number of rotatable bonds is 11. The van der Waals surface area contributed by atoms with Crippen molar-refractivity contribution in [1.82, 2.24) is 5.32 Å². The SMILES string of the molecule is COCCOCCOCCOCC1CNCC(C)(C)O1. The Hall–Kier alpha value is -0.240. The minimum absolute atomic E-state index is 0.109. The summed E-state index contributed by atoms with van der Waals surface area (Å²) < 4.78 is 27.0. The highest BCUT2D eigenvalue weighted by atomic mass is 16.6. The van der Waals surface area contributed by atoms with E-state index in [0.29, 0.717) is 46.2 Å². The molecule has 1 unspecified atom stereocenters. The Labute approximate surface area is 122 Å². The van der Waals surface area contributed by atoms with Crippen LogP contribution in [-0.4, -0.2) is 78.2 Å². The van der Waals surface area contributed by atoms with Crippen LogP contribution in [0.15, 0.2) is 0 Å². The first kappa shape index (κ1) is 17.8. The van der Waals surface area contributed by atoms with Crippen molar-refractivity contribution < 1.29 is 23.7 Å². The highest BCUT2D eigenvalue weighted by Gasteiger charge is 2.28. The van der Waals surface area contributed by atoms with Gasteiger partial charge in [-0.15, -0.1) is 0 Å². The summed E-state index contributed by atoms with van der Waals surface area (Å²) >= 11 is 0. The van der Waals surface area contributed by atoms with E-state index < -0.39 is 0 Å². The molecule has 0 aromatic heterocycles. The molecule has 0 aliphatic carbocycles. The number of ether oxygens (including phenoxy) is 5. The van der Waals surface area contributed by atoms with Crippen molar-refractivity contribution in [1.29, 1.82) is 0 Å². The van der Waals surface area contributed by atoms with Crippen molar-refractivity contribution in [3.63, 3.8) is 0 Å². The van der Waals surface area contributed by atoms with Crippen molar-refractivity contribution in [3.8, 4) is 0 Å². The lowest BCUT2D eigenvalue weighted by atomic mass is 10.1. The normalized spacial score (nSPS) is 22.1. The zero-order chi connectivity index (χ0) is 14.7. The van der Waals surface area contributed by atoms with E-state index in [-0.39, 0.29) is 11.7 Å². The fourth-order valence-corrected chi connectivity index (χ4v) is 1.96. The monoisotopic (exact) mass is 291 g/mol. The molecule has 1 fully saturated rings. The second-order valence-electron chi connectivity index (χ2n) is 5.42. The van der Waals surface area contributed by atoms with Crippen LogP contribution in [-0.2, 0) is 23.7 Å².